The molecule has 0 fully saturated rings. The third-order valence-electron chi connectivity index (χ3n) is 4.71. The molecular formula is C19H34SSn. The van der Waals surface area contributed by atoms with Crippen molar-refractivity contribution in [3.8, 4) is 0 Å². The molecule has 1 aromatic carbocycles. The Bertz CT molecular complexity index is 367. The average Bonchev–Trinajstić information content (AvgIpc) is 2.54. The Labute approximate surface area is 141 Å². The molecule has 1 aromatic rings. The second-order valence-electron chi connectivity index (χ2n) is 6.32. The second kappa shape index (κ2) is 11.0. The van der Waals surface area contributed by atoms with Gasteiger partial charge in [0, 0.05) is 0 Å². The van der Waals surface area contributed by atoms with Crippen LogP contribution >= 0.6 is 11.8 Å². The van der Waals surface area contributed by atoms with E-state index in [1.165, 1.54) is 43.4 Å². The van der Waals surface area contributed by atoms with Gasteiger partial charge in [0.2, 0.25) is 0 Å². The summed E-state index contributed by atoms with van der Waals surface area (Å²) in [6.45, 7) is 7.07. The molecule has 21 heavy (non-hydrogen) atoms. The SMILES string of the molecule is CCC[CH2][Sn]([CH2]CCC)([CH2]CCC)[c]1cccc(SC)c1. The summed E-state index contributed by atoms with van der Waals surface area (Å²) in [6, 6.07) is 9.64. The van der Waals surface area contributed by atoms with Crippen molar-refractivity contribution in [1.82, 2.24) is 0 Å². The molecule has 1 rings (SSSR count). The topological polar surface area (TPSA) is 0 Å². The molecular weight excluding hydrogens is 379 g/mol. The molecule has 0 nitrogen and oxygen atoms in total. The maximum absolute atomic E-state index is 2.56. The summed E-state index contributed by atoms with van der Waals surface area (Å²) >= 11 is -0.272. The van der Waals surface area contributed by atoms with Crippen LogP contribution in [0.4, 0.5) is 0 Å². The van der Waals surface area contributed by atoms with Crippen LogP contribution in [0.25, 0.3) is 0 Å². The first kappa shape index (κ1) is 19.4. The van der Waals surface area contributed by atoms with Gasteiger partial charge in [-0.25, -0.2) is 0 Å². The molecule has 0 atom stereocenters. The maximum atomic E-state index is 2.56. The molecule has 0 N–H and O–H groups in total. The van der Waals surface area contributed by atoms with Gasteiger partial charge in [0.15, 0.2) is 0 Å². The predicted octanol–water partition coefficient (Wildman–Crippen LogP) is 6.46. The van der Waals surface area contributed by atoms with Crippen LogP contribution in [0.15, 0.2) is 29.2 Å². The van der Waals surface area contributed by atoms with Crippen LogP contribution < -0.4 is 3.58 Å². The van der Waals surface area contributed by atoms with Gasteiger partial charge in [0.25, 0.3) is 0 Å². The molecule has 0 amide bonds. The van der Waals surface area contributed by atoms with Crippen LogP contribution in [0, 0.1) is 0 Å². The second-order valence-corrected chi connectivity index (χ2v) is 20.4. The molecule has 0 spiro atoms. The zero-order chi connectivity index (χ0) is 15.6. The molecule has 0 aromatic heterocycles. The molecule has 0 saturated heterocycles. The Morgan fingerprint density at radius 1 is 0.857 bits per heavy atom. The van der Waals surface area contributed by atoms with Crippen molar-refractivity contribution in [2.45, 2.75) is 77.5 Å². The Balaban J connectivity index is 3.09. The molecule has 0 bridgehead atoms. The Hall–Kier alpha value is 0.369. The minimum atomic E-state index is -2.18. The Kier molecular flexibility index (Phi) is 10.2. The molecule has 2 heteroatoms. The van der Waals surface area contributed by atoms with E-state index in [9.17, 15) is 0 Å². The number of hydrogen-bond donors (Lipinski definition) is 0. The van der Waals surface area contributed by atoms with E-state index >= 15 is 0 Å². The van der Waals surface area contributed by atoms with Crippen molar-refractivity contribution in [2.75, 3.05) is 6.26 Å². The summed E-state index contributed by atoms with van der Waals surface area (Å²) in [5, 5.41) is 0. The average molecular weight is 413 g/mol. The van der Waals surface area contributed by atoms with Crippen molar-refractivity contribution >= 4 is 33.7 Å². The molecule has 0 aliphatic carbocycles. The zero-order valence-electron chi connectivity index (χ0n) is 14.6. The van der Waals surface area contributed by atoms with Crippen molar-refractivity contribution in [3.05, 3.63) is 24.3 Å². The van der Waals surface area contributed by atoms with Gasteiger partial charge in [-0.15, -0.1) is 0 Å². The van der Waals surface area contributed by atoms with Crippen molar-refractivity contribution < 1.29 is 0 Å². The van der Waals surface area contributed by atoms with Crippen LogP contribution in [0.2, 0.25) is 13.3 Å². The Morgan fingerprint density at radius 2 is 1.38 bits per heavy atom. The molecule has 0 aliphatic rings. The third-order valence-corrected chi connectivity index (χ3v) is 21.0. The third kappa shape index (κ3) is 6.17. The number of rotatable bonds is 11. The van der Waals surface area contributed by atoms with Gasteiger partial charge in [-0.05, 0) is 0 Å². The number of benzene rings is 1. The molecule has 0 heterocycles. The first-order valence-electron chi connectivity index (χ1n) is 8.87. The summed E-state index contributed by atoms with van der Waals surface area (Å²) in [5.74, 6) is 0. The van der Waals surface area contributed by atoms with E-state index in [-0.39, 0.29) is 0 Å². The predicted molar refractivity (Wildman–Crippen MR) is 103 cm³/mol. The fraction of sp³-hybridized carbons (Fsp3) is 0.684. The van der Waals surface area contributed by atoms with Crippen LogP contribution in [-0.4, -0.2) is 24.6 Å². The summed E-state index contributed by atoms with van der Waals surface area (Å²) < 4.78 is 6.53. The van der Waals surface area contributed by atoms with Gasteiger partial charge in [-0.3, -0.25) is 0 Å². The summed E-state index contributed by atoms with van der Waals surface area (Å²) in [5.41, 5.74) is 0. The van der Waals surface area contributed by atoms with Crippen LogP contribution in [0.5, 0.6) is 0 Å². The van der Waals surface area contributed by atoms with Gasteiger partial charge in [-0.2, -0.15) is 0 Å². The van der Waals surface area contributed by atoms with Crippen molar-refractivity contribution in [1.29, 1.82) is 0 Å². The van der Waals surface area contributed by atoms with E-state index in [1.54, 1.807) is 13.3 Å². The summed E-state index contributed by atoms with van der Waals surface area (Å²) in [4.78, 5) is 1.47. The monoisotopic (exact) mass is 414 g/mol. The fourth-order valence-electron chi connectivity index (χ4n) is 3.31. The van der Waals surface area contributed by atoms with Gasteiger partial charge in [-0.1, -0.05) is 0 Å². The minimum absolute atomic E-state index is 1.36. The standard InChI is InChI=1S/C7H7S.3C4H9.Sn/c1-8-7-5-3-2-4-6-7;3*1-3-4-2;/h2-3,5-6H,1H3;3*1,3-4H2,2H3;. The fourth-order valence-corrected chi connectivity index (χ4v) is 20.1. The molecule has 120 valence electrons. The van der Waals surface area contributed by atoms with Crippen molar-refractivity contribution in [2.24, 2.45) is 0 Å². The van der Waals surface area contributed by atoms with Gasteiger partial charge in [0.05, 0.1) is 0 Å². The van der Waals surface area contributed by atoms with Crippen LogP contribution in [0.3, 0.4) is 0 Å². The van der Waals surface area contributed by atoms with Crippen LogP contribution in [-0.2, 0) is 0 Å². The summed E-state index contributed by atoms with van der Waals surface area (Å²) in [7, 11) is 0. The van der Waals surface area contributed by atoms with E-state index in [4.69, 9.17) is 0 Å². The number of hydrogen-bond acceptors (Lipinski definition) is 1. The first-order chi connectivity index (χ1) is 10.2. The number of thioether (sulfide) groups is 1. The van der Waals surface area contributed by atoms with E-state index < -0.39 is 18.4 Å². The molecule has 0 aliphatic heterocycles. The molecule has 0 saturated carbocycles. The van der Waals surface area contributed by atoms with Gasteiger partial charge in [0.1, 0.15) is 0 Å². The van der Waals surface area contributed by atoms with E-state index in [2.05, 4.69) is 51.3 Å². The zero-order valence-corrected chi connectivity index (χ0v) is 18.3. The normalized spacial score (nSPS) is 11.8. The van der Waals surface area contributed by atoms with E-state index in [1.807, 2.05) is 15.3 Å². The number of unbranched alkanes of at least 4 members (excludes halogenated alkanes) is 3. The van der Waals surface area contributed by atoms with Crippen LogP contribution in [0.1, 0.15) is 59.3 Å². The summed E-state index contributed by atoms with van der Waals surface area (Å²) in [6.07, 6.45) is 10.6. The van der Waals surface area contributed by atoms with Crippen molar-refractivity contribution in [3.63, 3.8) is 0 Å². The molecule has 0 unspecified atom stereocenters. The van der Waals surface area contributed by atoms with Gasteiger partial charge >= 0.3 is 142 Å². The van der Waals surface area contributed by atoms with E-state index in [0.29, 0.717) is 0 Å². The molecule has 0 radical (unpaired) electrons. The quantitative estimate of drug-likeness (QED) is 0.296. The van der Waals surface area contributed by atoms with E-state index in [0.717, 1.165) is 0 Å². The van der Waals surface area contributed by atoms with Gasteiger partial charge < -0.3 is 0 Å². The Morgan fingerprint density at radius 3 is 1.81 bits per heavy atom. The first-order valence-corrected chi connectivity index (χ1v) is 17.6.